The third-order valence-electron chi connectivity index (χ3n) is 1.54. The van der Waals surface area contributed by atoms with Gasteiger partial charge in [-0.1, -0.05) is 44.2 Å². The van der Waals surface area contributed by atoms with Gasteiger partial charge < -0.3 is 0 Å². The van der Waals surface area contributed by atoms with Gasteiger partial charge in [0.25, 0.3) is 0 Å². The van der Waals surface area contributed by atoms with Gasteiger partial charge >= 0.3 is 10.2 Å². The molecule has 1 aromatic rings. The summed E-state index contributed by atoms with van der Waals surface area (Å²) in [5.41, 5.74) is 0.00995. The van der Waals surface area contributed by atoms with Crippen molar-refractivity contribution in [2.24, 2.45) is 0 Å². The molecule has 0 aromatic heterocycles. The van der Waals surface area contributed by atoms with E-state index in [9.17, 15) is 19.4 Å². The van der Waals surface area contributed by atoms with Crippen LogP contribution in [0.25, 0.3) is 6.08 Å². The normalized spacial score (nSPS) is 16.9. The van der Waals surface area contributed by atoms with Crippen molar-refractivity contribution in [3.05, 3.63) is 36.4 Å². The number of benzene rings is 1. The van der Waals surface area contributed by atoms with Gasteiger partial charge in [0.15, 0.2) is 0 Å². The highest BCUT2D eigenvalue weighted by Crippen LogP contribution is 3.02. The summed E-state index contributed by atoms with van der Waals surface area (Å²) in [5, 5.41) is 0. The number of hydrogen-bond donors (Lipinski definition) is 0. The number of rotatable bonds is 2. The van der Waals surface area contributed by atoms with Crippen LogP contribution in [0.4, 0.5) is 19.4 Å². The SMILES string of the molecule is C=Cc1cccc(S(F)(F)(F)(F)F)c1. The molecule has 0 bridgehead atoms. The van der Waals surface area contributed by atoms with E-state index in [1.807, 2.05) is 0 Å². The predicted octanol–water partition coefficient (Wildman–Crippen LogP) is 4.99. The Morgan fingerprint density at radius 3 is 2.07 bits per heavy atom. The Labute approximate surface area is 77.8 Å². The summed E-state index contributed by atoms with van der Waals surface area (Å²) in [7, 11) is -9.53. The molecule has 0 fully saturated rings. The van der Waals surface area contributed by atoms with E-state index in [1.54, 1.807) is 0 Å². The van der Waals surface area contributed by atoms with Gasteiger partial charge in [-0.05, 0) is 17.7 Å². The Morgan fingerprint density at radius 2 is 1.64 bits per heavy atom. The molecular weight excluding hydrogens is 223 g/mol. The minimum absolute atomic E-state index is 0.00995. The monoisotopic (exact) mass is 230 g/mol. The molecule has 0 radical (unpaired) electrons. The highest BCUT2D eigenvalue weighted by Gasteiger charge is 2.65. The van der Waals surface area contributed by atoms with Crippen molar-refractivity contribution in [1.82, 2.24) is 0 Å². The fourth-order valence-corrected chi connectivity index (χ4v) is 1.58. The van der Waals surface area contributed by atoms with E-state index < -0.39 is 15.1 Å². The molecule has 14 heavy (non-hydrogen) atoms. The number of hydrogen-bond acceptors (Lipinski definition) is 0. The molecule has 1 rings (SSSR count). The maximum absolute atomic E-state index is 12.2. The molecule has 0 nitrogen and oxygen atoms in total. The summed E-state index contributed by atoms with van der Waals surface area (Å²) in [6.07, 6.45) is 1.08. The van der Waals surface area contributed by atoms with Crippen LogP contribution in [0.2, 0.25) is 0 Å². The molecule has 0 N–H and O–H groups in total. The van der Waals surface area contributed by atoms with E-state index in [1.165, 1.54) is 6.07 Å². The van der Waals surface area contributed by atoms with Gasteiger partial charge in [-0.3, -0.25) is 0 Å². The van der Waals surface area contributed by atoms with E-state index in [0.717, 1.165) is 12.1 Å². The van der Waals surface area contributed by atoms with E-state index in [0.29, 0.717) is 12.1 Å². The molecule has 0 heterocycles. The molecule has 0 amide bonds. The van der Waals surface area contributed by atoms with Gasteiger partial charge in [0.05, 0.1) is 0 Å². The Kier molecular flexibility index (Phi) is 1.82. The zero-order chi connectivity index (χ0) is 11.1. The highest BCUT2D eigenvalue weighted by atomic mass is 32.5. The van der Waals surface area contributed by atoms with Crippen molar-refractivity contribution in [2.45, 2.75) is 4.90 Å². The Morgan fingerprint density at radius 1 is 1.07 bits per heavy atom. The molecular formula is C8H7F5S. The van der Waals surface area contributed by atoms with Crippen molar-refractivity contribution < 1.29 is 19.4 Å². The molecule has 0 aliphatic rings. The van der Waals surface area contributed by atoms with Crippen molar-refractivity contribution in [1.29, 1.82) is 0 Å². The Hall–Kier alpha value is -1.04. The fraction of sp³-hybridized carbons (Fsp3) is 0. The first kappa shape index (κ1) is 11.0. The molecule has 80 valence electrons. The zero-order valence-corrected chi connectivity index (χ0v) is 7.71. The van der Waals surface area contributed by atoms with Crippen molar-refractivity contribution in [3.63, 3.8) is 0 Å². The lowest BCUT2D eigenvalue weighted by Crippen LogP contribution is -2.05. The van der Waals surface area contributed by atoms with E-state index in [-0.39, 0.29) is 5.56 Å². The lowest BCUT2D eigenvalue weighted by molar-refractivity contribution is 0.364. The predicted molar refractivity (Wildman–Crippen MR) is 47.9 cm³/mol. The van der Waals surface area contributed by atoms with Crippen LogP contribution < -0.4 is 0 Å². The second kappa shape index (κ2) is 2.31. The molecule has 0 saturated heterocycles. The minimum Gasteiger partial charge on any atom is -0.0985 e. The standard InChI is InChI=1S/C8H7F5S/c1-2-7-4-3-5-8(6-7)14(9,10,11,12)13/h2-6H,1H2. The Bertz CT molecular complexity index is 377. The quantitative estimate of drug-likeness (QED) is 0.628. The van der Waals surface area contributed by atoms with Crippen LogP contribution in [0.3, 0.4) is 0 Å². The van der Waals surface area contributed by atoms with E-state index in [4.69, 9.17) is 0 Å². The van der Waals surface area contributed by atoms with Gasteiger partial charge in [0, 0.05) is 0 Å². The van der Waals surface area contributed by atoms with Crippen molar-refractivity contribution in [3.8, 4) is 0 Å². The summed E-state index contributed by atoms with van der Waals surface area (Å²) in [6.45, 7) is 3.20. The molecule has 0 saturated carbocycles. The summed E-state index contributed by atoms with van der Waals surface area (Å²) in [5.74, 6) is 0. The summed E-state index contributed by atoms with van der Waals surface area (Å²) >= 11 is 0. The Balaban J connectivity index is 3.43. The van der Waals surface area contributed by atoms with Crippen LogP contribution in [-0.4, -0.2) is 0 Å². The fourth-order valence-electron chi connectivity index (χ4n) is 0.881. The van der Waals surface area contributed by atoms with Crippen LogP contribution in [0, 0.1) is 0 Å². The maximum Gasteiger partial charge on any atom is 0.310 e. The third-order valence-corrected chi connectivity index (χ3v) is 2.68. The second-order valence-corrected chi connectivity index (χ2v) is 5.15. The molecule has 1 aromatic carbocycles. The average Bonchev–Trinajstić information content (AvgIpc) is 2.01. The lowest BCUT2D eigenvalue weighted by Gasteiger charge is -2.40. The first-order chi connectivity index (χ1) is 6.03. The van der Waals surface area contributed by atoms with Crippen LogP contribution in [0.5, 0.6) is 0 Å². The van der Waals surface area contributed by atoms with Crippen LogP contribution >= 0.6 is 10.2 Å². The first-order valence-corrected chi connectivity index (χ1v) is 5.45. The molecule has 6 heteroatoms. The summed E-state index contributed by atoms with van der Waals surface area (Å²) in [4.78, 5) is -1.89. The van der Waals surface area contributed by atoms with E-state index >= 15 is 0 Å². The highest BCUT2D eigenvalue weighted by molar-refractivity contribution is 8.45. The van der Waals surface area contributed by atoms with Crippen LogP contribution in [0.15, 0.2) is 35.7 Å². The smallest absolute Gasteiger partial charge is 0.0985 e. The number of halogens is 5. The lowest BCUT2D eigenvalue weighted by atomic mass is 10.2. The summed E-state index contributed by atoms with van der Waals surface area (Å²) < 4.78 is 61.1. The maximum atomic E-state index is 12.2. The van der Waals surface area contributed by atoms with Crippen LogP contribution in [-0.2, 0) is 0 Å². The summed E-state index contributed by atoms with van der Waals surface area (Å²) in [6, 6.07) is 2.92. The first-order valence-electron chi connectivity index (χ1n) is 3.49. The van der Waals surface area contributed by atoms with Gasteiger partial charge in [-0.15, -0.1) is 0 Å². The molecule has 0 aliphatic heterocycles. The molecule has 0 aliphatic carbocycles. The van der Waals surface area contributed by atoms with Crippen LogP contribution in [0.1, 0.15) is 5.56 Å². The second-order valence-electron chi connectivity index (χ2n) is 2.75. The van der Waals surface area contributed by atoms with Gasteiger partial charge in [0.1, 0.15) is 4.90 Å². The minimum atomic E-state index is -9.53. The van der Waals surface area contributed by atoms with Crippen molar-refractivity contribution in [2.75, 3.05) is 0 Å². The largest absolute Gasteiger partial charge is 0.310 e. The molecule has 0 spiro atoms. The average molecular weight is 230 g/mol. The molecule has 0 unspecified atom stereocenters. The van der Waals surface area contributed by atoms with Gasteiger partial charge in [-0.25, -0.2) is 0 Å². The van der Waals surface area contributed by atoms with E-state index in [2.05, 4.69) is 6.58 Å². The van der Waals surface area contributed by atoms with Crippen molar-refractivity contribution >= 4 is 16.3 Å². The zero-order valence-electron chi connectivity index (χ0n) is 6.89. The third kappa shape index (κ3) is 2.47. The molecule has 0 atom stereocenters. The van der Waals surface area contributed by atoms with Gasteiger partial charge in [0.2, 0.25) is 0 Å². The topological polar surface area (TPSA) is 0 Å². The van der Waals surface area contributed by atoms with Gasteiger partial charge in [-0.2, -0.15) is 0 Å².